The number of rotatable bonds is 38. The van der Waals surface area contributed by atoms with Crippen molar-refractivity contribution >= 4 is 23.8 Å². The lowest BCUT2D eigenvalue weighted by Gasteiger charge is -2.50. The van der Waals surface area contributed by atoms with Gasteiger partial charge in [-0.2, -0.15) is 74.6 Å². The number of halogens is 18. The highest BCUT2D eigenvalue weighted by atomic mass is 79.9. The molecule has 2 aliphatic rings. The standard InChI is InChI=1S/C72H69BrF17O14P/c1-92-63-62(98-42-52-33-19-7-20-34-52)60(104-105(91,99-43-53-35-21-8-22-36-53)100-46-56(73)65(74,75)66(76,77)67(78,79)68(80,81)69(82,83)70(84,85)71(86,87)72(88,89)90)58(55(101-63)45-94-38-48-25-11-3-12-26-48)103-64-61(97-41-51-31-17-6-18-32-51)59(96-40-50-29-15-5-16-30-50)57(95-39-49-27-13-4-14-28-49)54(102-64)44-93-37-47-23-9-2-10-24-47/h2-36,54-64H,37-46H2,1H3/t54-,55-,56?,57-,58-,59+,60+,61-,62-,63+,64-,105?/m1/s1. The fourth-order valence-corrected chi connectivity index (χ4v) is 12.9. The van der Waals surface area contributed by atoms with Gasteiger partial charge in [0.25, 0.3) is 0 Å². The first kappa shape index (κ1) is 82.6. The third-order valence-corrected chi connectivity index (χ3v) is 18.9. The zero-order valence-electron chi connectivity index (χ0n) is 55.1. The zero-order valence-corrected chi connectivity index (χ0v) is 57.6. The van der Waals surface area contributed by atoms with Crippen molar-refractivity contribution in [1.82, 2.24) is 0 Å². The SMILES string of the molecule is CO[C@H]1O[C@H](COCc2ccccc2)[C@@H](O[C@H]2O[C@H](COCc3ccccc3)[C@@H](OCc3ccccc3)[C@H](OCc3ccccc3)[C@H]2OCc2ccccc2)[C@H](OP(=O)(OCc2ccccc2)OCC(Br)C(F)(F)C(F)(F)C(F)(F)C(F)(F)C(F)(F)C(F)(F)C(F)(F)C(F)(F)F)[C@H]1OCc1ccccc1. The van der Waals surface area contributed by atoms with E-state index in [1.807, 2.05) is 15.9 Å². The Kier molecular flexibility index (Phi) is 28.1. The number of alkyl halides is 18. The molecule has 0 aliphatic carbocycles. The summed E-state index contributed by atoms with van der Waals surface area (Å²) in [6.07, 6.45) is -24.6. The molecule has 33 heteroatoms. The molecule has 2 heterocycles. The van der Waals surface area contributed by atoms with E-state index in [0.717, 1.165) is 12.7 Å². The molecule has 9 rings (SSSR count). The molecule has 7 aromatic carbocycles. The van der Waals surface area contributed by atoms with Crippen LogP contribution in [0.4, 0.5) is 74.6 Å². The number of hydrogen-bond donors (Lipinski definition) is 0. The van der Waals surface area contributed by atoms with Crippen LogP contribution in [0.1, 0.15) is 38.9 Å². The van der Waals surface area contributed by atoms with Gasteiger partial charge in [0, 0.05) is 7.11 Å². The van der Waals surface area contributed by atoms with Crippen molar-refractivity contribution in [3.63, 3.8) is 0 Å². The summed E-state index contributed by atoms with van der Waals surface area (Å²) in [5.41, 5.74) is 3.69. The number of ether oxygens (including phenoxy) is 10. The fourth-order valence-electron chi connectivity index (χ4n) is 10.9. The highest BCUT2D eigenvalue weighted by Gasteiger charge is 2.95. The molecule has 2 fully saturated rings. The monoisotopic (exact) mass is 1590 g/mol. The second-order valence-corrected chi connectivity index (χ2v) is 26.8. The van der Waals surface area contributed by atoms with Crippen molar-refractivity contribution in [3.05, 3.63) is 251 Å². The Morgan fingerprint density at radius 1 is 0.362 bits per heavy atom. The van der Waals surface area contributed by atoms with Crippen LogP contribution >= 0.6 is 23.8 Å². The van der Waals surface area contributed by atoms with E-state index < -0.39 is 148 Å². The summed E-state index contributed by atoms with van der Waals surface area (Å²) in [7, 11) is -5.08. The predicted octanol–water partition coefficient (Wildman–Crippen LogP) is 17.7. The molecule has 572 valence electrons. The average molecular weight is 1590 g/mol. The molecular formula is C72H69BrF17O14P. The minimum absolute atomic E-state index is 0.000861. The number of phosphoric ester groups is 1. The molecule has 0 amide bonds. The van der Waals surface area contributed by atoms with Gasteiger partial charge >= 0.3 is 55.5 Å². The van der Waals surface area contributed by atoms with Crippen LogP contribution in [0.25, 0.3) is 0 Å². The quantitative estimate of drug-likeness (QED) is 0.0206. The van der Waals surface area contributed by atoms with Crippen LogP contribution in [0, 0.1) is 0 Å². The number of benzene rings is 7. The van der Waals surface area contributed by atoms with Crippen molar-refractivity contribution in [2.24, 2.45) is 0 Å². The second kappa shape index (κ2) is 35.7. The molecule has 2 aliphatic heterocycles. The summed E-state index contributed by atoms with van der Waals surface area (Å²) in [4.78, 5) is -4.09. The minimum atomic E-state index is -8.91. The molecule has 7 aromatic rings. The summed E-state index contributed by atoms with van der Waals surface area (Å²) in [5, 5.41) is 0. The topological polar surface area (TPSA) is 137 Å². The van der Waals surface area contributed by atoms with E-state index in [4.69, 9.17) is 60.9 Å². The summed E-state index contributed by atoms with van der Waals surface area (Å²) in [6.45, 7) is -5.45. The lowest BCUT2D eigenvalue weighted by molar-refractivity contribution is -0.461. The van der Waals surface area contributed by atoms with Gasteiger partial charge in [0.15, 0.2) is 12.6 Å². The molecule has 2 saturated heterocycles. The van der Waals surface area contributed by atoms with Crippen molar-refractivity contribution in [2.75, 3.05) is 26.9 Å². The van der Waals surface area contributed by atoms with Gasteiger partial charge in [-0.1, -0.05) is 228 Å². The Morgan fingerprint density at radius 3 is 1.04 bits per heavy atom. The third-order valence-electron chi connectivity index (χ3n) is 16.6. The van der Waals surface area contributed by atoms with Crippen molar-refractivity contribution in [2.45, 2.75) is 160 Å². The van der Waals surface area contributed by atoms with Crippen molar-refractivity contribution in [3.8, 4) is 0 Å². The first-order chi connectivity index (χ1) is 49.7. The van der Waals surface area contributed by atoms with E-state index >= 15 is 39.7 Å². The van der Waals surface area contributed by atoms with Crippen LogP contribution in [0.5, 0.6) is 0 Å². The normalized spacial score (nSPS) is 22.7. The summed E-state index contributed by atoms with van der Waals surface area (Å²) < 4.78 is 349. The van der Waals surface area contributed by atoms with Crippen LogP contribution in [0.2, 0.25) is 0 Å². The highest BCUT2D eigenvalue weighted by molar-refractivity contribution is 9.09. The van der Waals surface area contributed by atoms with E-state index in [9.17, 15) is 39.5 Å². The number of methoxy groups -OCH3 is 1. The van der Waals surface area contributed by atoms with Gasteiger partial charge in [0.1, 0.15) is 53.7 Å². The Bertz CT molecular complexity index is 3790. The lowest BCUT2D eigenvalue weighted by Crippen LogP contribution is -2.75. The van der Waals surface area contributed by atoms with E-state index in [2.05, 4.69) is 0 Å². The Labute approximate surface area is 599 Å². The Morgan fingerprint density at radius 2 is 0.667 bits per heavy atom. The smallest absolute Gasteiger partial charge is 0.374 e. The van der Waals surface area contributed by atoms with Crippen LogP contribution in [-0.2, 0) is 112 Å². The average Bonchev–Trinajstić information content (AvgIpc) is 0.695. The molecule has 105 heavy (non-hydrogen) atoms. The Balaban J connectivity index is 1.17. The van der Waals surface area contributed by atoms with E-state index in [1.54, 1.807) is 182 Å². The van der Waals surface area contributed by atoms with Crippen LogP contribution in [-0.4, -0.2) is 141 Å². The van der Waals surface area contributed by atoms with Gasteiger partial charge in [0.2, 0.25) is 0 Å². The van der Waals surface area contributed by atoms with Crippen molar-refractivity contribution in [1.29, 1.82) is 0 Å². The molecule has 2 unspecified atom stereocenters. The maximum atomic E-state index is 16.2. The van der Waals surface area contributed by atoms with E-state index in [1.165, 1.54) is 30.3 Å². The molecule has 0 bridgehead atoms. The highest BCUT2D eigenvalue weighted by Crippen LogP contribution is 2.65. The summed E-state index contributed by atoms with van der Waals surface area (Å²) >= 11 is 1.83. The van der Waals surface area contributed by atoms with Gasteiger partial charge in [-0.05, 0) is 38.9 Å². The Hall–Kier alpha value is -6.46. The fraction of sp³-hybridized carbons (Fsp3) is 0.417. The summed E-state index contributed by atoms with van der Waals surface area (Å²) in [5.74, 6) is -59.0. The van der Waals surface area contributed by atoms with Gasteiger partial charge < -0.3 is 47.4 Å². The van der Waals surface area contributed by atoms with Gasteiger partial charge in [0.05, 0.1) is 66.1 Å². The van der Waals surface area contributed by atoms with Crippen LogP contribution in [0.3, 0.4) is 0 Å². The molecule has 0 spiro atoms. The molecular weight excluding hydrogens is 1520 g/mol. The molecule has 14 nitrogen and oxygen atoms in total. The zero-order chi connectivity index (χ0) is 75.9. The molecule has 0 radical (unpaired) electrons. The maximum Gasteiger partial charge on any atom is 0.475 e. The minimum Gasteiger partial charge on any atom is -0.374 e. The number of hydrogen-bond acceptors (Lipinski definition) is 14. The summed E-state index contributed by atoms with van der Waals surface area (Å²) in [6, 6.07) is 58.8. The number of phosphoric acid groups is 1. The molecule has 0 N–H and O–H groups in total. The van der Waals surface area contributed by atoms with Crippen molar-refractivity contribution < 1.29 is 140 Å². The maximum absolute atomic E-state index is 16.2. The van der Waals surface area contributed by atoms with Crippen LogP contribution in [0.15, 0.2) is 212 Å². The largest absolute Gasteiger partial charge is 0.475 e. The molecule has 0 saturated carbocycles. The molecule has 0 aromatic heterocycles. The van der Waals surface area contributed by atoms with Gasteiger partial charge in [-0.25, -0.2) is 4.57 Å². The van der Waals surface area contributed by atoms with E-state index in [-0.39, 0.29) is 45.2 Å². The van der Waals surface area contributed by atoms with Gasteiger partial charge in [-0.15, -0.1) is 0 Å². The van der Waals surface area contributed by atoms with E-state index in [0.29, 0.717) is 27.8 Å². The lowest BCUT2D eigenvalue weighted by atomic mass is 9.88. The third kappa shape index (κ3) is 19.5. The molecule has 12 atom stereocenters. The predicted molar refractivity (Wildman–Crippen MR) is 345 cm³/mol. The first-order valence-corrected chi connectivity index (χ1v) is 34.4. The second-order valence-electron chi connectivity index (χ2n) is 24.1. The first-order valence-electron chi connectivity index (χ1n) is 32.1. The van der Waals surface area contributed by atoms with Crippen LogP contribution < -0.4 is 0 Å². The van der Waals surface area contributed by atoms with Gasteiger partial charge in [-0.3, -0.25) is 13.6 Å².